The predicted molar refractivity (Wildman–Crippen MR) is 121 cm³/mol. The number of benzene rings is 3. The Morgan fingerprint density at radius 2 is 1.63 bits per heavy atom. The number of hydrogen-bond acceptors (Lipinski definition) is 3. The molecule has 4 aromatic rings. The molecule has 0 saturated heterocycles. The standard InChI is InChI=1S/C26H28N2O2/c1-19-8-6-9-22(16-19)30-18-26-27-24-10-4-5-11-25(24)28(26)14-7-15-29-23-13-12-20(2)21(3)17-23/h4-6,8-13,16-17H,7,14-15,18H2,1-3H3. The largest absolute Gasteiger partial charge is 0.494 e. The van der Waals surface area contributed by atoms with Crippen molar-refractivity contribution in [1.82, 2.24) is 9.55 Å². The summed E-state index contributed by atoms with van der Waals surface area (Å²) in [4.78, 5) is 4.81. The smallest absolute Gasteiger partial charge is 0.147 e. The van der Waals surface area contributed by atoms with Crippen LogP contribution in [0.4, 0.5) is 0 Å². The Morgan fingerprint density at radius 3 is 2.47 bits per heavy atom. The van der Waals surface area contributed by atoms with Crippen molar-refractivity contribution in [1.29, 1.82) is 0 Å². The molecule has 3 aromatic carbocycles. The second-order valence-corrected chi connectivity index (χ2v) is 7.72. The molecule has 4 nitrogen and oxygen atoms in total. The van der Waals surface area contributed by atoms with E-state index in [9.17, 15) is 0 Å². The zero-order valence-electron chi connectivity index (χ0n) is 17.9. The highest BCUT2D eigenvalue weighted by Gasteiger charge is 2.11. The summed E-state index contributed by atoms with van der Waals surface area (Å²) in [6, 6.07) is 22.6. The first-order chi connectivity index (χ1) is 14.6. The molecule has 154 valence electrons. The molecule has 30 heavy (non-hydrogen) atoms. The third-order valence-electron chi connectivity index (χ3n) is 5.36. The zero-order valence-corrected chi connectivity index (χ0v) is 17.9. The number of nitrogens with zero attached hydrogens (tertiary/aromatic N) is 2. The van der Waals surface area contributed by atoms with Crippen molar-refractivity contribution in [3.05, 3.63) is 89.2 Å². The van der Waals surface area contributed by atoms with Crippen LogP contribution in [0.25, 0.3) is 11.0 Å². The highest BCUT2D eigenvalue weighted by Crippen LogP contribution is 2.20. The lowest BCUT2D eigenvalue weighted by Gasteiger charge is -2.12. The Labute approximate surface area is 178 Å². The maximum atomic E-state index is 6.03. The average Bonchev–Trinajstić information content (AvgIpc) is 3.10. The molecule has 0 fully saturated rings. The molecule has 0 N–H and O–H groups in total. The van der Waals surface area contributed by atoms with Gasteiger partial charge >= 0.3 is 0 Å². The van der Waals surface area contributed by atoms with Crippen LogP contribution in [0.1, 0.15) is 28.9 Å². The van der Waals surface area contributed by atoms with Gasteiger partial charge in [-0.05, 0) is 80.3 Å². The Morgan fingerprint density at radius 1 is 0.800 bits per heavy atom. The molecule has 4 heteroatoms. The summed E-state index contributed by atoms with van der Waals surface area (Å²) in [5.74, 6) is 2.73. The molecule has 0 saturated carbocycles. The van der Waals surface area contributed by atoms with Crippen LogP contribution in [0.2, 0.25) is 0 Å². The number of aryl methyl sites for hydroxylation is 4. The number of fused-ring (bicyclic) bond motifs is 1. The normalized spacial score (nSPS) is 11.0. The maximum absolute atomic E-state index is 6.03. The van der Waals surface area contributed by atoms with Crippen LogP contribution in [0.3, 0.4) is 0 Å². The van der Waals surface area contributed by atoms with Crippen LogP contribution in [-0.4, -0.2) is 16.2 Å². The summed E-state index contributed by atoms with van der Waals surface area (Å²) < 4.78 is 14.2. The third kappa shape index (κ3) is 4.65. The van der Waals surface area contributed by atoms with Crippen molar-refractivity contribution in [2.45, 2.75) is 40.3 Å². The van der Waals surface area contributed by atoms with E-state index in [1.54, 1.807) is 0 Å². The number of ether oxygens (including phenoxy) is 2. The molecule has 0 spiro atoms. The van der Waals surface area contributed by atoms with Crippen LogP contribution in [0, 0.1) is 20.8 Å². The first-order valence-electron chi connectivity index (χ1n) is 10.4. The van der Waals surface area contributed by atoms with Crippen LogP contribution in [0.5, 0.6) is 11.5 Å². The molecule has 0 aliphatic heterocycles. The monoisotopic (exact) mass is 400 g/mol. The van der Waals surface area contributed by atoms with E-state index in [-0.39, 0.29) is 0 Å². The summed E-state index contributed by atoms with van der Waals surface area (Å²) in [5.41, 5.74) is 5.85. The van der Waals surface area contributed by atoms with Crippen molar-refractivity contribution in [3.63, 3.8) is 0 Å². The van der Waals surface area contributed by atoms with E-state index in [0.29, 0.717) is 13.2 Å². The molecular formula is C26H28N2O2. The molecule has 0 radical (unpaired) electrons. The molecule has 0 unspecified atom stereocenters. The topological polar surface area (TPSA) is 36.3 Å². The van der Waals surface area contributed by atoms with Crippen LogP contribution in [0.15, 0.2) is 66.7 Å². The summed E-state index contributed by atoms with van der Waals surface area (Å²) in [6.07, 6.45) is 0.894. The minimum Gasteiger partial charge on any atom is -0.494 e. The lowest BCUT2D eigenvalue weighted by molar-refractivity contribution is 0.280. The van der Waals surface area contributed by atoms with Crippen molar-refractivity contribution >= 4 is 11.0 Å². The lowest BCUT2D eigenvalue weighted by Crippen LogP contribution is -2.10. The number of hydrogen-bond donors (Lipinski definition) is 0. The van der Waals surface area contributed by atoms with Gasteiger partial charge in [0.15, 0.2) is 0 Å². The summed E-state index contributed by atoms with van der Waals surface area (Å²) in [5, 5.41) is 0. The van der Waals surface area contributed by atoms with E-state index in [1.165, 1.54) is 16.7 Å². The van der Waals surface area contributed by atoms with Crippen molar-refractivity contribution in [3.8, 4) is 11.5 Å². The Bertz CT molecular complexity index is 1150. The highest BCUT2D eigenvalue weighted by molar-refractivity contribution is 5.75. The molecule has 0 atom stereocenters. The first kappa shape index (κ1) is 20.0. The molecule has 0 aliphatic rings. The van der Waals surface area contributed by atoms with E-state index < -0.39 is 0 Å². The van der Waals surface area contributed by atoms with Gasteiger partial charge in [0.1, 0.15) is 23.9 Å². The minimum atomic E-state index is 0.441. The van der Waals surface area contributed by atoms with Gasteiger partial charge in [-0.25, -0.2) is 4.98 Å². The van der Waals surface area contributed by atoms with Gasteiger partial charge in [-0.2, -0.15) is 0 Å². The second kappa shape index (κ2) is 9.04. The molecule has 1 heterocycles. The fourth-order valence-corrected chi connectivity index (χ4v) is 3.55. The van der Waals surface area contributed by atoms with Crippen molar-refractivity contribution < 1.29 is 9.47 Å². The van der Waals surface area contributed by atoms with Crippen LogP contribution in [-0.2, 0) is 13.2 Å². The number of imidazole rings is 1. The number of rotatable bonds is 8. The molecule has 0 amide bonds. The van der Waals surface area contributed by atoms with Gasteiger partial charge in [-0.3, -0.25) is 0 Å². The molecule has 4 rings (SSSR count). The first-order valence-corrected chi connectivity index (χ1v) is 10.4. The Balaban J connectivity index is 1.44. The third-order valence-corrected chi connectivity index (χ3v) is 5.36. The van der Waals surface area contributed by atoms with E-state index in [1.807, 2.05) is 36.4 Å². The summed E-state index contributed by atoms with van der Waals surface area (Å²) in [6.45, 7) is 8.22. The fraction of sp³-hybridized carbons (Fsp3) is 0.269. The van der Waals surface area contributed by atoms with E-state index in [2.05, 4.69) is 55.7 Å². The Hall–Kier alpha value is -3.27. The van der Waals surface area contributed by atoms with Gasteiger partial charge in [0.05, 0.1) is 17.6 Å². The van der Waals surface area contributed by atoms with E-state index in [4.69, 9.17) is 14.5 Å². The summed E-state index contributed by atoms with van der Waals surface area (Å²) >= 11 is 0. The fourth-order valence-electron chi connectivity index (χ4n) is 3.55. The molecule has 0 bridgehead atoms. The zero-order chi connectivity index (χ0) is 20.9. The quantitative estimate of drug-likeness (QED) is 0.340. The van der Waals surface area contributed by atoms with Gasteiger partial charge in [0.25, 0.3) is 0 Å². The second-order valence-electron chi connectivity index (χ2n) is 7.72. The predicted octanol–water partition coefficient (Wildman–Crippen LogP) is 6.01. The van der Waals surface area contributed by atoms with Gasteiger partial charge in [-0.15, -0.1) is 0 Å². The summed E-state index contributed by atoms with van der Waals surface area (Å²) in [7, 11) is 0. The van der Waals surface area contributed by atoms with Gasteiger partial charge in [0.2, 0.25) is 0 Å². The van der Waals surface area contributed by atoms with Crippen molar-refractivity contribution in [2.75, 3.05) is 6.61 Å². The van der Waals surface area contributed by atoms with Crippen LogP contribution >= 0.6 is 0 Å². The van der Waals surface area contributed by atoms with Gasteiger partial charge < -0.3 is 14.0 Å². The van der Waals surface area contributed by atoms with Gasteiger partial charge in [-0.1, -0.05) is 30.3 Å². The SMILES string of the molecule is Cc1cccc(OCc2nc3ccccc3n2CCCOc2ccc(C)c(C)c2)c1. The minimum absolute atomic E-state index is 0.441. The molecular weight excluding hydrogens is 372 g/mol. The van der Waals surface area contributed by atoms with E-state index in [0.717, 1.165) is 41.3 Å². The maximum Gasteiger partial charge on any atom is 0.147 e. The van der Waals surface area contributed by atoms with E-state index >= 15 is 0 Å². The van der Waals surface area contributed by atoms with Crippen molar-refractivity contribution in [2.24, 2.45) is 0 Å². The molecule has 1 aromatic heterocycles. The molecule has 0 aliphatic carbocycles. The Kier molecular flexibility index (Phi) is 6.03. The highest BCUT2D eigenvalue weighted by atomic mass is 16.5. The number of aromatic nitrogens is 2. The number of para-hydroxylation sites is 2. The van der Waals surface area contributed by atoms with Gasteiger partial charge in [0, 0.05) is 6.54 Å². The lowest BCUT2D eigenvalue weighted by atomic mass is 10.1. The van der Waals surface area contributed by atoms with Crippen LogP contribution < -0.4 is 9.47 Å². The average molecular weight is 401 g/mol.